The van der Waals surface area contributed by atoms with Crippen molar-refractivity contribution in [3.05, 3.63) is 16.4 Å². The maximum atomic E-state index is 6.47. The van der Waals surface area contributed by atoms with Crippen molar-refractivity contribution in [1.82, 2.24) is 14.7 Å². The van der Waals surface area contributed by atoms with Crippen LogP contribution in [0.3, 0.4) is 0 Å². The van der Waals surface area contributed by atoms with Crippen molar-refractivity contribution < 1.29 is 0 Å². The third-order valence-corrected chi connectivity index (χ3v) is 4.96. The lowest BCUT2D eigenvalue weighted by atomic mass is 10.1. The van der Waals surface area contributed by atoms with Crippen LogP contribution in [-0.2, 0) is 19.5 Å². The molecule has 0 spiro atoms. The highest BCUT2D eigenvalue weighted by atomic mass is 35.5. The van der Waals surface area contributed by atoms with E-state index in [0.717, 1.165) is 42.5 Å². The van der Waals surface area contributed by atoms with Crippen molar-refractivity contribution >= 4 is 23.2 Å². The van der Waals surface area contributed by atoms with Gasteiger partial charge in [0.05, 0.1) is 16.4 Å². The Kier molecular flexibility index (Phi) is 5.15. The average molecular weight is 304 g/mol. The van der Waals surface area contributed by atoms with E-state index in [2.05, 4.69) is 30.8 Å². The highest BCUT2D eigenvalue weighted by molar-refractivity contribution is 6.31. The number of nitrogens with zero attached hydrogens (tertiary/aromatic N) is 3. The molecule has 0 aromatic carbocycles. The molecule has 0 aliphatic carbocycles. The van der Waals surface area contributed by atoms with Gasteiger partial charge in [-0.05, 0) is 32.2 Å². The fourth-order valence-corrected chi connectivity index (χ4v) is 3.72. The quantitative estimate of drug-likeness (QED) is 0.776. The lowest BCUT2D eigenvalue weighted by Gasteiger charge is -2.25. The number of aryl methyl sites for hydroxylation is 2. The van der Waals surface area contributed by atoms with Crippen LogP contribution in [0.4, 0.5) is 0 Å². The van der Waals surface area contributed by atoms with Crippen molar-refractivity contribution in [2.24, 2.45) is 5.92 Å². The first-order valence-corrected chi connectivity index (χ1v) is 8.07. The molecule has 0 N–H and O–H groups in total. The minimum absolute atomic E-state index is 0.461. The third-order valence-electron chi connectivity index (χ3n) is 4.20. The van der Waals surface area contributed by atoms with Crippen molar-refractivity contribution in [2.75, 3.05) is 12.4 Å². The molecule has 0 radical (unpaired) electrons. The lowest BCUT2D eigenvalue weighted by Crippen LogP contribution is -2.33. The molecule has 1 aliphatic heterocycles. The van der Waals surface area contributed by atoms with E-state index in [-0.39, 0.29) is 0 Å². The molecule has 0 saturated carbocycles. The molecule has 1 aromatic rings. The fraction of sp³-hybridized carbons (Fsp3) is 0.786. The van der Waals surface area contributed by atoms with Gasteiger partial charge in [0.15, 0.2) is 0 Å². The number of hydrogen-bond donors (Lipinski definition) is 0. The van der Waals surface area contributed by atoms with Gasteiger partial charge in [0, 0.05) is 25.0 Å². The number of aromatic nitrogens is 2. The number of hydrogen-bond acceptors (Lipinski definition) is 2. The molecule has 2 atom stereocenters. The molecule has 0 bridgehead atoms. The maximum Gasteiger partial charge on any atom is 0.0863 e. The smallest absolute Gasteiger partial charge is 0.0863 e. The van der Waals surface area contributed by atoms with Crippen LogP contribution in [0.25, 0.3) is 0 Å². The first kappa shape index (κ1) is 15.1. The predicted octanol–water partition coefficient (Wildman–Crippen LogP) is 3.57. The van der Waals surface area contributed by atoms with Gasteiger partial charge in [-0.25, -0.2) is 0 Å². The largest absolute Gasteiger partial charge is 0.293 e. The van der Waals surface area contributed by atoms with Crippen LogP contribution in [0.1, 0.15) is 38.6 Å². The van der Waals surface area contributed by atoms with Crippen molar-refractivity contribution in [2.45, 2.75) is 52.7 Å². The van der Waals surface area contributed by atoms with Crippen LogP contribution in [0, 0.1) is 5.92 Å². The zero-order valence-electron chi connectivity index (χ0n) is 12.0. The van der Waals surface area contributed by atoms with E-state index in [0.29, 0.717) is 17.8 Å². The number of likely N-dealkylation sites (tertiary alicyclic amines) is 1. The van der Waals surface area contributed by atoms with Gasteiger partial charge in [0.2, 0.25) is 0 Å². The van der Waals surface area contributed by atoms with E-state index < -0.39 is 0 Å². The van der Waals surface area contributed by atoms with Crippen LogP contribution in [-0.4, -0.2) is 33.1 Å². The Labute approximate surface area is 125 Å². The molecule has 1 aliphatic rings. The van der Waals surface area contributed by atoms with Crippen molar-refractivity contribution in [1.29, 1.82) is 0 Å². The topological polar surface area (TPSA) is 21.1 Å². The maximum absolute atomic E-state index is 6.47. The molecular formula is C14H23Cl2N3. The third kappa shape index (κ3) is 2.93. The number of alkyl halides is 1. The van der Waals surface area contributed by atoms with Gasteiger partial charge in [-0.15, -0.1) is 11.6 Å². The van der Waals surface area contributed by atoms with E-state index in [1.165, 1.54) is 6.42 Å². The predicted molar refractivity (Wildman–Crippen MR) is 81.0 cm³/mol. The Morgan fingerprint density at radius 1 is 1.37 bits per heavy atom. The Bertz CT molecular complexity index is 431. The van der Waals surface area contributed by atoms with Crippen molar-refractivity contribution in [3.63, 3.8) is 0 Å². The summed E-state index contributed by atoms with van der Waals surface area (Å²) in [6.45, 7) is 9.31. The SMILES string of the molecule is CCc1nn(CC)c(CN2CCC(C)C2CCl)c1Cl. The molecule has 108 valence electrons. The molecule has 3 nitrogen and oxygen atoms in total. The molecule has 2 heterocycles. The highest BCUT2D eigenvalue weighted by Gasteiger charge is 2.31. The van der Waals surface area contributed by atoms with E-state index in [9.17, 15) is 0 Å². The molecule has 0 amide bonds. The van der Waals surface area contributed by atoms with Crippen LogP contribution in [0.2, 0.25) is 5.02 Å². The summed E-state index contributed by atoms with van der Waals surface area (Å²) >= 11 is 12.6. The first-order valence-electron chi connectivity index (χ1n) is 7.16. The van der Waals surface area contributed by atoms with Crippen molar-refractivity contribution in [3.8, 4) is 0 Å². The second-order valence-corrected chi connectivity index (χ2v) is 6.02. The second-order valence-electron chi connectivity index (χ2n) is 5.33. The Hall–Kier alpha value is -0.250. The number of rotatable bonds is 5. The second kappa shape index (κ2) is 6.47. The fourth-order valence-electron chi connectivity index (χ4n) is 2.89. The van der Waals surface area contributed by atoms with Crippen LogP contribution >= 0.6 is 23.2 Å². The zero-order chi connectivity index (χ0) is 14.0. The lowest BCUT2D eigenvalue weighted by molar-refractivity contribution is 0.235. The molecule has 19 heavy (non-hydrogen) atoms. The molecule has 1 fully saturated rings. The Morgan fingerprint density at radius 2 is 2.11 bits per heavy atom. The van der Waals surface area contributed by atoms with Crippen LogP contribution in [0.15, 0.2) is 0 Å². The van der Waals surface area contributed by atoms with E-state index in [1.807, 2.05) is 4.68 Å². The Balaban J connectivity index is 2.21. The minimum Gasteiger partial charge on any atom is -0.293 e. The molecular weight excluding hydrogens is 281 g/mol. The van der Waals surface area contributed by atoms with Crippen LogP contribution in [0.5, 0.6) is 0 Å². The van der Waals surface area contributed by atoms with Gasteiger partial charge in [0.1, 0.15) is 0 Å². The molecule has 5 heteroatoms. The molecule has 1 aromatic heterocycles. The number of halogens is 2. The van der Waals surface area contributed by atoms with Gasteiger partial charge in [0.25, 0.3) is 0 Å². The van der Waals surface area contributed by atoms with Gasteiger partial charge in [-0.1, -0.05) is 25.4 Å². The molecule has 2 rings (SSSR count). The summed E-state index contributed by atoms with van der Waals surface area (Å²) < 4.78 is 2.04. The summed E-state index contributed by atoms with van der Waals surface area (Å²) in [6, 6.07) is 0.461. The summed E-state index contributed by atoms with van der Waals surface area (Å²) in [6.07, 6.45) is 2.10. The summed E-state index contributed by atoms with van der Waals surface area (Å²) in [5.41, 5.74) is 2.15. The summed E-state index contributed by atoms with van der Waals surface area (Å²) in [5.74, 6) is 1.36. The monoisotopic (exact) mass is 303 g/mol. The van der Waals surface area contributed by atoms with Gasteiger partial charge in [-0.2, -0.15) is 5.10 Å². The summed E-state index contributed by atoms with van der Waals surface area (Å²) in [5, 5.41) is 5.43. The highest BCUT2D eigenvalue weighted by Crippen LogP contribution is 2.29. The minimum atomic E-state index is 0.461. The normalized spacial score (nSPS) is 24.3. The van der Waals surface area contributed by atoms with Gasteiger partial charge < -0.3 is 0 Å². The first-order chi connectivity index (χ1) is 9.12. The van der Waals surface area contributed by atoms with E-state index >= 15 is 0 Å². The summed E-state index contributed by atoms with van der Waals surface area (Å²) in [7, 11) is 0. The standard InChI is InChI=1S/C14H23Cl2N3/c1-4-11-14(16)13(19(5-2)17-11)9-18-7-6-10(3)12(18)8-15/h10,12H,4-9H2,1-3H3. The molecule has 1 saturated heterocycles. The average Bonchev–Trinajstić information content (AvgIpc) is 2.92. The van der Waals surface area contributed by atoms with Crippen LogP contribution < -0.4 is 0 Å². The van der Waals surface area contributed by atoms with Gasteiger partial charge in [-0.3, -0.25) is 9.58 Å². The van der Waals surface area contributed by atoms with Gasteiger partial charge >= 0.3 is 0 Å². The van der Waals surface area contributed by atoms with E-state index in [4.69, 9.17) is 23.2 Å². The zero-order valence-corrected chi connectivity index (χ0v) is 13.5. The van der Waals surface area contributed by atoms with E-state index in [1.54, 1.807) is 0 Å². The Morgan fingerprint density at radius 3 is 2.68 bits per heavy atom. The molecule has 2 unspecified atom stereocenters. The summed E-state index contributed by atoms with van der Waals surface area (Å²) in [4.78, 5) is 2.45.